The number of nitrogens with zero attached hydrogens (tertiary/aromatic N) is 3. The Bertz CT molecular complexity index is 1110. The molecule has 1 aliphatic rings. The fourth-order valence-electron chi connectivity index (χ4n) is 4.38. The molecule has 3 rings (SSSR count). The van der Waals surface area contributed by atoms with Crippen LogP contribution in [0.3, 0.4) is 0 Å². The number of carbonyl (C=O) groups excluding carboxylic acids is 1. The second kappa shape index (κ2) is 10.8. The van der Waals surface area contributed by atoms with E-state index in [0.717, 1.165) is 16.5 Å². The molecule has 0 spiro atoms. The zero-order valence-corrected chi connectivity index (χ0v) is 20.7. The minimum atomic E-state index is -4.39. The summed E-state index contributed by atoms with van der Waals surface area (Å²) in [6.45, 7) is 5.98. The van der Waals surface area contributed by atoms with Gasteiger partial charge in [0.2, 0.25) is 5.91 Å². The fourth-order valence-corrected chi connectivity index (χ4v) is 4.38. The average molecular weight is 490 g/mol. The van der Waals surface area contributed by atoms with Crippen LogP contribution < -0.4 is 5.32 Å². The van der Waals surface area contributed by atoms with Crippen LogP contribution in [0.15, 0.2) is 53.7 Å². The maximum atomic E-state index is 13.9. The highest BCUT2D eigenvalue weighted by Gasteiger charge is 2.67. The third-order valence-corrected chi connectivity index (χ3v) is 6.99. The Kier molecular flexibility index (Phi) is 8.20. The molecule has 1 aliphatic carbocycles. The Morgan fingerprint density at radius 3 is 2.66 bits per heavy atom. The van der Waals surface area contributed by atoms with E-state index in [1.807, 2.05) is 37.2 Å². The monoisotopic (exact) mass is 489 g/mol. The first-order valence-corrected chi connectivity index (χ1v) is 11.7. The van der Waals surface area contributed by atoms with Crippen molar-refractivity contribution in [1.29, 1.82) is 0 Å². The summed E-state index contributed by atoms with van der Waals surface area (Å²) < 4.78 is 41.8. The van der Waals surface area contributed by atoms with Crippen molar-refractivity contribution in [2.75, 3.05) is 27.7 Å². The molecule has 1 heterocycles. The summed E-state index contributed by atoms with van der Waals surface area (Å²) in [5.41, 5.74) is 1.13. The van der Waals surface area contributed by atoms with Crippen LogP contribution in [0.25, 0.3) is 10.9 Å². The number of likely N-dealkylation sites (N-methyl/N-ethyl adjacent to an activating group) is 1. The highest BCUT2D eigenvalue weighted by atomic mass is 19.4. The Balaban J connectivity index is 1.68. The lowest BCUT2D eigenvalue weighted by Crippen LogP contribution is -2.43. The van der Waals surface area contributed by atoms with E-state index in [4.69, 9.17) is 0 Å². The number of fused-ring (bicyclic) bond motifs is 1. The molecule has 1 saturated carbocycles. The van der Waals surface area contributed by atoms with E-state index in [1.54, 1.807) is 32.3 Å². The molecule has 1 fully saturated rings. The molecule has 2 N–H and O–H groups in total. The summed E-state index contributed by atoms with van der Waals surface area (Å²) in [4.78, 5) is 18.9. The number of H-pyrrole nitrogens is 1. The highest BCUT2D eigenvalue weighted by molar-refractivity contribution is 5.93. The van der Waals surface area contributed by atoms with E-state index >= 15 is 0 Å². The molecule has 2 aromatic rings. The molecule has 1 aromatic carbocycles. The van der Waals surface area contributed by atoms with Gasteiger partial charge >= 0.3 is 6.18 Å². The van der Waals surface area contributed by atoms with Crippen molar-refractivity contribution in [2.45, 2.75) is 44.8 Å². The number of aliphatic imine (C=N–C) groups is 1. The van der Waals surface area contributed by atoms with Crippen molar-refractivity contribution in [1.82, 2.24) is 20.4 Å². The smallest absolute Gasteiger partial charge is 0.355 e. The van der Waals surface area contributed by atoms with Gasteiger partial charge in [0, 0.05) is 43.1 Å². The lowest BCUT2D eigenvalue weighted by atomic mass is 9.80. The molecule has 0 unspecified atom stereocenters. The van der Waals surface area contributed by atoms with Gasteiger partial charge in [0.1, 0.15) is 0 Å². The molecular weight excluding hydrogens is 455 g/mol. The van der Waals surface area contributed by atoms with Crippen LogP contribution in [0, 0.1) is 11.3 Å². The van der Waals surface area contributed by atoms with Gasteiger partial charge in [-0.05, 0) is 64.1 Å². The Hall–Kier alpha value is -2.94. The molecule has 2 atom stereocenters. The predicted molar refractivity (Wildman–Crippen MR) is 133 cm³/mol. The summed E-state index contributed by atoms with van der Waals surface area (Å²) in [5.74, 6) is -1.41. The molecule has 0 bridgehead atoms. The number of benzene rings is 1. The minimum Gasteiger partial charge on any atom is -0.355 e. The molecule has 1 aromatic heterocycles. The molecule has 190 valence electrons. The minimum absolute atomic E-state index is 0.0129. The highest BCUT2D eigenvalue weighted by Crippen LogP contribution is 2.64. The number of rotatable bonds is 11. The number of hydrogen-bond donors (Lipinski definition) is 2. The summed E-state index contributed by atoms with van der Waals surface area (Å²) in [6.07, 6.45) is 1.01. The number of carbonyl (C=O) groups is 1. The van der Waals surface area contributed by atoms with Gasteiger partial charge in [-0.1, -0.05) is 24.3 Å². The summed E-state index contributed by atoms with van der Waals surface area (Å²) >= 11 is 0. The van der Waals surface area contributed by atoms with Crippen molar-refractivity contribution >= 4 is 22.5 Å². The van der Waals surface area contributed by atoms with Gasteiger partial charge in [-0.15, -0.1) is 0 Å². The van der Waals surface area contributed by atoms with Crippen molar-refractivity contribution < 1.29 is 18.0 Å². The Morgan fingerprint density at radius 2 is 2.06 bits per heavy atom. The first-order valence-electron chi connectivity index (χ1n) is 11.7. The number of aromatic amines is 1. The van der Waals surface area contributed by atoms with Crippen LogP contribution in [0.4, 0.5) is 13.2 Å². The van der Waals surface area contributed by atoms with Crippen LogP contribution in [-0.2, 0) is 11.2 Å². The van der Waals surface area contributed by atoms with E-state index in [1.165, 1.54) is 0 Å². The van der Waals surface area contributed by atoms with Gasteiger partial charge in [0.25, 0.3) is 0 Å². The lowest BCUT2D eigenvalue weighted by Gasteiger charge is -2.30. The summed E-state index contributed by atoms with van der Waals surface area (Å²) in [7, 11) is 5.45. The van der Waals surface area contributed by atoms with Gasteiger partial charge in [0.15, 0.2) is 0 Å². The number of nitrogens with one attached hydrogen (secondary N) is 2. The topological polar surface area (TPSA) is 73.4 Å². The zero-order chi connectivity index (χ0) is 25.8. The second-order valence-electron chi connectivity index (χ2n) is 9.60. The lowest BCUT2D eigenvalue weighted by molar-refractivity contribution is -0.199. The van der Waals surface area contributed by atoms with Gasteiger partial charge in [0.05, 0.1) is 17.1 Å². The molecule has 35 heavy (non-hydrogen) atoms. The molecular formula is C26H34F3N5O. The van der Waals surface area contributed by atoms with Crippen LogP contribution in [0.2, 0.25) is 0 Å². The number of hydrogen-bond acceptors (Lipinski definition) is 4. The molecule has 1 amide bonds. The van der Waals surface area contributed by atoms with Gasteiger partial charge < -0.3 is 10.2 Å². The fraction of sp³-hybridized carbons (Fsp3) is 0.500. The third-order valence-electron chi connectivity index (χ3n) is 6.99. The van der Waals surface area contributed by atoms with Crippen molar-refractivity contribution in [2.24, 2.45) is 16.3 Å². The number of halogens is 3. The van der Waals surface area contributed by atoms with Crippen LogP contribution in [0.5, 0.6) is 0 Å². The maximum Gasteiger partial charge on any atom is 0.395 e. The molecule has 9 heteroatoms. The molecule has 0 saturated heterocycles. The zero-order valence-electron chi connectivity index (χ0n) is 20.7. The summed E-state index contributed by atoms with van der Waals surface area (Å²) in [5, 5.41) is 10.8. The SMILES string of the molecule is C=C(/C=C\C(C)=NC)[C@H](CC(=O)NC[C@H](Cc1ccc2[nH]ncc2c1)N(C)C)C1(C(F)(F)F)CC1. The van der Waals surface area contributed by atoms with Gasteiger partial charge in [-0.2, -0.15) is 18.3 Å². The number of amides is 1. The van der Waals surface area contributed by atoms with Gasteiger partial charge in [-0.3, -0.25) is 14.9 Å². The van der Waals surface area contributed by atoms with E-state index < -0.39 is 23.4 Å². The molecule has 0 aliphatic heterocycles. The third kappa shape index (κ3) is 6.39. The van der Waals surface area contributed by atoms with Crippen molar-refractivity contribution in [3.05, 3.63) is 54.3 Å². The first-order chi connectivity index (χ1) is 16.5. The second-order valence-corrected chi connectivity index (χ2v) is 9.60. The van der Waals surface area contributed by atoms with Crippen LogP contribution in [0.1, 0.15) is 31.7 Å². The Morgan fingerprint density at radius 1 is 1.34 bits per heavy atom. The quantitative estimate of drug-likeness (QED) is 0.355. The standard InChI is InChI=1S/C26H34F3N5O/c1-17(6-7-18(2)30-3)22(25(10-11-25)26(27,28)29)14-24(35)31-16-21(34(4)5)13-19-8-9-23-20(12-19)15-32-33-23/h6-9,12,15,21-22H,1,10-11,13-14,16H2,2-5H3,(H,31,35)(H,32,33)/b7-6-,30-18?/t21-,22-/m0/s1. The van der Waals surface area contributed by atoms with E-state index in [0.29, 0.717) is 24.3 Å². The number of aromatic nitrogens is 2. The number of alkyl halides is 3. The first kappa shape index (κ1) is 26.7. The normalized spacial score (nSPS) is 17.7. The largest absolute Gasteiger partial charge is 0.395 e. The molecule has 0 radical (unpaired) electrons. The maximum absolute atomic E-state index is 13.9. The number of allylic oxidation sites excluding steroid dienone is 3. The van der Waals surface area contributed by atoms with E-state index in [9.17, 15) is 18.0 Å². The Labute approximate surface area is 204 Å². The van der Waals surface area contributed by atoms with Crippen LogP contribution in [-0.4, -0.2) is 66.6 Å². The van der Waals surface area contributed by atoms with E-state index in [-0.39, 0.29) is 25.3 Å². The predicted octanol–water partition coefficient (Wildman–Crippen LogP) is 4.70. The van der Waals surface area contributed by atoms with E-state index in [2.05, 4.69) is 27.1 Å². The average Bonchev–Trinajstić information content (AvgIpc) is 3.49. The summed E-state index contributed by atoms with van der Waals surface area (Å²) in [6, 6.07) is 5.99. The van der Waals surface area contributed by atoms with Gasteiger partial charge in [-0.25, -0.2) is 0 Å². The van der Waals surface area contributed by atoms with Crippen molar-refractivity contribution in [3.63, 3.8) is 0 Å². The van der Waals surface area contributed by atoms with Crippen molar-refractivity contribution in [3.8, 4) is 0 Å². The van der Waals surface area contributed by atoms with Crippen LogP contribution >= 0.6 is 0 Å². The molecule has 6 nitrogen and oxygen atoms in total.